The fourth-order valence-electron chi connectivity index (χ4n) is 2.60. The van der Waals surface area contributed by atoms with Gasteiger partial charge in [-0.3, -0.25) is 9.69 Å². The highest BCUT2D eigenvalue weighted by molar-refractivity contribution is 8.26. The summed E-state index contributed by atoms with van der Waals surface area (Å²) in [5.41, 5.74) is 1.04. The maximum atomic E-state index is 12.5. The fourth-order valence-corrected chi connectivity index (χ4v) is 5.65. The number of thiocarbonyl (C=S) groups is 1. The summed E-state index contributed by atoms with van der Waals surface area (Å²) in [6.45, 7) is 0. The lowest BCUT2D eigenvalue weighted by atomic mass is 10.2. The molecule has 2 aliphatic rings. The quantitative estimate of drug-likeness (QED) is 0.609. The molecule has 0 saturated carbocycles. The van der Waals surface area contributed by atoms with E-state index in [1.165, 1.54) is 16.7 Å². The van der Waals surface area contributed by atoms with Crippen LogP contribution in [0.3, 0.4) is 0 Å². The third-order valence-corrected chi connectivity index (χ3v) is 6.83. The van der Waals surface area contributed by atoms with Crippen LogP contribution in [0.2, 0.25) is 0 Å². The molecule has 0 aromatic heterocycles. The van der Waals surface area contributed by atoms with Gasteiger partial charge >= 0.3 is 0 Å². The molecule has 0 N–H and O–H groups in total. The maximum absolute atomic E-state index is 12.5. The van der Waals surface area contributed by atoms with Crippen LogP contribution in [0, 0.1) is 0 Å². The Balaban J connectivity index is 1.74. The van der Waals surface area contributed by atoms with Crippen molar-refractivity contribution in [1.82, 2.24) is 4.90 Å². The van der Waals surface area contributed by atoms with Crippen LogP contribution in [0.1, 0.15) is 12.0 Å². The first-order chi connectivity index (χ1) is 11.0. The number of hydrogen-bond donors (Lipinski definition) is 0. The van der Waals surface area contributed by atoms with E-state index >= 15 is 0 Å². The lowest BCUT2D eigenvalue weighted by Crippen LogP contribution is -2.39. The Kier molecular flexibility index (Phi) is 4.70. The molecule has 0 aliphatic carbocycles. The van der Waals surface area contributed by atoms with Crippen LogP contribution in [0.25, 0.3) is 6.08 Å². The van der Waals surface area contributed by atoms with Gasteiger partial charge in [0, 0.05) is 0 Å². The highest BCUT2D eigenvalue weighted by Gasteiger charge is 2.41. The fraction of sp³-hybridized carbons (Fsp3) is 0.250. The minimum atomic E-state index is -3.05. The number of benzene rings is 1. The number of sulfone groups is 1. The second kappa shape index (κ2) is 6.59. The zero-order chi connectivity index (χ0) is 16.4. The van der Waals surface area contributed by atoms with Crippen molar-refractivity contribution in [2.45, 2.75) is 12.5 Å². The number of nitrogens with zero attached hydrogens (tertiary/aromatic N) is 1. The number of carbonyl (C=O) groups is 1. The molecule has 1 aromatic carbocycles. The first-order valence-electron chi connectivity index (χ1n) is 7.15. The van der Waals surface area contributed by atoms with Crippen LogP contribution in [0.15, 0.2) is 47.4 Å². The van der Waals surface area contributed by atoms with Crippen molar-refractivity contribution in [1.29, 1.82) is 0 Å². The third-order valence-electron chi connectivity index (χ3n) is 3.73. The van der Waals surface area contributed by atoms with Gasteiger partial charge in [-0.15, -0.1) is 0 Å². The summed E-state index contributed by atoms with van der Waals surface area (Å²) in [5, 5.41) is 0. The van der Waals surface area contributed by atoms with E-state index in [-0.39, 0.29) is 23.5 Å². The van der Waals surface area contributed by atoms with Crippen molar-refractivity contribution in [3.63, 3.8) is 0 Å². The van der Waals surface area contributed by atoms with Gasteiger partial charge in [0.25, 0.3) is 5.91 Å². The Morgan fingerprint density at radius 2 is 2.00 bits per heavy atom. The zero-order valence-corrected chi connectivity index (χ0v) is 14.7. The Bertz CT molecular complexity index is 797. The van der Waals surface area contributed by atoms with Crippen molar-refractivity contribution in [2.75, 3.05) is 11.5 Å². The van der Waals surface area contributed by atoms with Crippen LogP contribution in [0.5, 0.6) is 0 Å². The summed E-state index contributed by atoms with van der Waals surface area (Å²) in [7, 11) is -3.05. The molecule has 3 rings (SSSR count). The normalized spacial score (nSPS) is 25.8. The van der Waals surface area contributed by atoms with Crippen molar-refractivity contribution < 1.29 is 13.2 Å². The van der Waals surface area contributed by atoms with Crippen molar-refractivity contribution >= 4 is 50.1 Å². The van der Waals surface area contributed by atoms with Gasteiger partial charge in [-0.05, 0) is 18.1 Å². The maximum Gasteiger partial charge on any atom is 0.266 e. The van der Waals surface area contributed by atoms with Crippen molar-refractivity contribution in [3.05, 3.63) is 53.0 Å². The Morgan fingerprint density at radius 3 is 2.65 bits per heavy atom. The molecule has 1 unspecified atom stereocenters. The van der Waals surface area contributed by atoms with Crippen LogP contribution in [-0.2, 0) is 14.6 Å². The SMILES string of the molecule is O=C1/C(=C/C=C/c2ccccc2)SC(=S)N1C1CCS(=O)(=O)C1. The molecule has 1 aromatic rings. The molecular formula is C16H15NO3S3. The summed E-state index contributed by atoms with van der Waals surface area (Å²) in [5.74, 6) is -0.0614. The van der Waals surface area contributed by atoms with Gasteiger partial charge in [0.1, 0.15) is 4.32 Å². The number of allylic oxidation sites excluding steroid dienone is 2. The summed E-state index contributed by atoms with van der Waals surface area (Å²) in [6, 6.07) is 9.45. The molecule has 23 heavy (non-hydrogen) atoms. The molecule has 120 valence electrons. The molecule has 7 heteroatoms. The second-order valence-electron chi connectivity index (χ2n) is 5.40. The minimum absolute atomic E-state index is 0.00652. The lowest BCUT2D eigenvalue weighted by Gasteiger charge is -2.20. The Morgan fingerprint density at radius 1 is 1.26 bits per heavy atom. The van der Waals surface area contributed by atoms with E-state index in [2.05, 4.69) is 0 Å². The second-order valence-corrected chi connectivity index (χ2v) is 9.31. The van der Waals surface area contributed by atoms with Gasteiger partial charge in [0.05, 0.1) is 22.5 Å². The molecule has 1 atom stereocenters. The molecule has 0 bridgehead atoms. The van der Waals surface area contributed by atoms with E-state index < -0.39 is 9.84 Å². The predicted molar refractivity (Wildman–Crippen MR) is 97.7 cm³/mol. The predicted octanol–water partition coefficient (Wildman–Crippen LogP) is 2.63. The standard InChI is InChI=1S/C16H15NO3S3/c18-15-14(8-4-7-12-5-2-1-3-6-12)22-16(21)17(15)13-9-10-23(19,20)11-13/h1-8,13H,9-11H2/b7-4+,14-8-. The van der Waals surface area contributed by atoms with E-state index in [0.29, 0.717) is 15.6 Å². The average Bonchev–Trinajstić information content (AvgIpc) is 3.00. The molecule has 2 heterocycles. The summed E-state index contributed by atoms with van der Waals surface area (Å²) in [6.07, 6.45) is 5.91. The molecule has 0 spiro atoms. The van der Waals surface area contributed by atoms with Gasteiger partial charge in [-0.25, -0.2) is 8.42 Å². The van der Waals surface area contributed by atoms with Gasteiger partial charge in [0.2, 0.25) is 0 Å². The van der Waals surface area contributed by atoms with E-state index in [9.17, 15) is 13.2 Å². The topological polar surface area (TPSA) is 54.5 Å². The highest BCUT2D eigenvalue weighted by Crippen LogP contribution is 2.35. The van der Waals surface area contributed by atoms with Crippen molar-refractivity contribution in [2.24, 2.45) is 0 Å². The number of carbonyl (C=O) groups excluding carboxylic acids is 1. The van der Waals surface area contributed by atoms with Gasteiger partial charge in [-0.1, -0.05) is 66.5 Å². The van der Waals surface area contributed by atoms with E-state index in [1.807, 2.05) is 42.5 Å². The average molecular weight is 366 g/mol. The smallest absolute Gasteiger partial charge is 0.266 e. The van der Waals surface area contributed by atoms with Gasteiger partial charge in [0.15, 0.2) is 9.84 Å². The van der Waals surface area contributed by atoms with E-state index in [4.69, 9.17) is 12.2 Å². The number of rotatable bonds is 3. The highest BCUT2D eigenvalue weighted by atomic mass is 32.2. The van der Waals surface area contributed by atoms with Gasteiger partial charge in [-0.2, -0.15) is 0 Å². The van der Waals surface area contributed by atoms with Crippen molar-refractivity contribution in [3.8, 4) is 0 Å². The molecule has 2 fully saturated rings. The monoisotopic (exact) mass is 365 g/mol. The number of hydrogen-bond acceptors (Lipinski definition) is 5. The van der Waals surface area contributed by atoms with Crippen LogP contribution < -0.4 is 0 Å². The molecule has 2 saturated heterocycles. The largest absolute Gasteiger partial charge is 0.289 e. The molecular weight excluding hydrogens is 350 g/mol. The van der Waals surface area contributed by atoms with Gasteiger partial charge < -0.3 is 0 Å². The number of amides is 1. The lowest BCUT2D eigenvalue weighted by molar-refractivity contribution is -0.123. The first kappa shape index (κ1) is 16.4. The van der Waals surface area contributed by atoms with Crippen LogP contribution in [0.4, 0.5) is 0 Å². The van der Waals surface area contributed by atoms with E-state index in [1.54, 1.807) is 6.08 Å². The zero-order valence-electron chi connectivity index (χ0n) is 12.2. The summed E-state index contributed by atoms with van der Waals surface area (Å²) < 4.78 is 23.7. The van der Waals surface area contributed by atoms with E-state index in [0.717, 1.165) is 5.56 Å². The number of thioether (sulfide) groups is 1. The Labute approximate surface area is 145 Å². The first-order valence-corrected chi connectivity index (χ1v) is 10.2. The third kappa shape index (κ3) is 3.73. The molecule has 1 amide bonds. The Hall–Kier alpha value is -1.44. The van der Waals surface area contributed by atoms with Crippen LogP contribution in [-0.4, -0.2) is 41.1 Å². The van der Waals surface area contributed by atoms with Crippen LogP contribution >= 0.6 is 24.0 Å². The minimum Gasteiger partial charge on any atom is -0.289 e. The summed E-state index contributed by atoms with van der Waals surface area (Å²) >= 11 is 6.49. The summed E-state index contributed by atoms with van der Waals surface area (Å²) in [4.78, 5) is 14.5. The molecule has 4 nitrogen and oxygen atoms in total. The molecule has 0 radical (unpaired) electrons. The molecule has 2 aliphatic heterocycles.